The highest BCUT2D eigenvalue weighted by Crippen LogP contribution is 2.67. The van der Waals surface area contributed by atoms with Crippen LogP contribution in [0.5, 0.6) is 0 Å². The summed E-state index contributed by atoms with van der Waals surface area (Å²) in [7, 11) is 3.93. The molecule has 7 heteroatoms. The number of allylic oxidation sites excluding steroid dienone is 3. The number of fused-ring (bicyclic) bond motifs is 2. The van der Waals surface area contributed by atoms with Gasteiger partial charge in [0.15, 0.2) is 5.58 Å². The molecule has 1 unspecified atom stereocenters. The number of nitrogen functional groups attached to an aromatic ring is 1. The second-order valence-electron chi connectivity index (χ2n) is 11.7. The molecule has 7 rings (SSSR count). The van der Waals surface area contributed by atoms with Gasteiger partial charge in [-0.25, -0.2) is 0 Å². The highest BCUT2D eigenvalue weighted by molar-refractivity contribution is 5.83. The van der Waals surface area contributed by atoms with Gasteiger partial charge >= 0.3 is 0 Å². The molecule has 2 aliphatic heterocycles. The van der Waals surface area contributed by atoms with Crippen LogP contribution in [0.3, 0.4) is 0 Å². The van der Waals surface area contributed by atoms with Crippen molar-refractivity contribution < 1.29 is 19.4 Å². The molecule has 0 amide bonds. The zero-order chi connectivity index (χ0) is 24.3. The minimum atomic E-state index is -0.902. The summed E-state index contributed by atoms with van der Waals surface area (Å²) in [5.41, 5.74) is 10.9. The molecule has 1 aromatic heterocycles. The van der Waals surface area contributed by atoms with Crippen molar-refractivity contribution in [2.45, 2.75) is 68.5 Å². The van der Waals surface area contributed by atoms with Crippen LogP contribution in [0.2, 0.25) is 0 Å². The molecule has 0 radical (unpaired) electrons. The van der Waals surface area contributed by atoms with Gasteiger partial charge in [-0.2, -0.15) is 4.98 Å². The number of hydrogen-bond acceptors (Lipinski definition) is 7. The number of ether oxygens (including phenoxy) is 1. The number of oxazole rings is 1. The summed E-state index contributed by atoms with van der Waals surface area (Å²) in [5.74, 6) is 0.307. The van der Waals surface area contributed by atoms with Crippen molar-refractivity contribution in [1.29, 1.82) is 0 Å². The Hall–Kier alpha value is -2.45. The maximum atomic E-state index is 11.1. The van der Waals surface area contributed by atoms with E-state index < -0.39 is 17.8 Å². The fourth-order valence-corrected chi connectivity index (χ4v) is 8.06. The Morgan fingerprint density at radius 1 is 1.17 bits per heavy atom. The Kier molecular flexibility index (Phi) is 4.27. The molecule has 3 heterocycles. The van der Waals surface area contributed by atoms with E-state index in [1.54, 1.807) is 0 Å². The summed E-state index contributed by atoms with van der Waals surface area (Å²) in [5, 5.41) is 22.0. The predicted molar refractivity (Wildman–Crippen MR) is 133 cm³/mol. The van der Waals surface area contributed by atoms with E-state index in [-0.39, 0.29) is 23.1 Å². The summed E-state index contributed by atoms with van der Waals surface area (Å²) in [6, 6.07) is 6.20. The first kappa shape index (κ1) is 21.8. The molecule has 2 spiro atoms. The highest BCUT2D eigenvalue weighted by Gasteiger charge is 2.67. The number of nitrogens with zero attached hydrogens (tertiary/aromatic N) is 2. The number of aliphatic hydroxyl groups is 2. The van der Waals surface area contributed by atoms with Gasteiger partial charge in [-0.1, -0.05) is 31.2 Å². The molecule has 184 valence electrons. The van der Waals surface area contributed by atoms with Gasteiger partial charge in [0.25, 0.3) is 6.01 Å². The standard InChI is InChI=1S/C28H33N3O4/c1-26-9-8-16-13-18-23(32)24(33)20(31(2)3)14-27(18)10-11-28(16,35-27)22(26)7-5-17(26)15-4-6-21-19(12-15)30-25(29)34-21/h4-6,8,12-13,20,22-24,32-33H,7,9-11,14H2,1-3H3,(H2,29,30)/t20-,22?,23+,24+,26+,27+,28+/m0/s1. The molecule has 2 bridgehead atoms. The van der Waals surface area contributed by atoms with Crippen molar-refractivity contribution in [3.05, 3.63) is 53.1 Å². The van der Waals surface area contributed by atoms with E-state index in [0.717, 1.165) is 42.3 Å². The normalized spacial score (nSPS) is 41.8. The summed E-state index contributed by atoms with van der Waals surface area (Å²) < 4.78 is 12.7. The fourth-order valence-electron chi connectivity index (χ4n) is 8.06. The van der Waals surface area contributed by atoms with Crippen molar-refractivity contribution in [2.75, 3.05) is 19.8 Å². The minimum Gasteiger partial charge on any atom is -0.424 e. The largest absolute Gasteiger partial charge is 0.424 e. The highest BCUT2D eigenvalue weighted by atomic mass is 16.5. The van der Waals surface area contributed by atoms with Gasteiger partial charge in [-0.3, -0.25) is 0 Å². The summed E-state index contributed by atoms with van der Waals surface area (Å²) in [6.07, 6.45) is 9.53. The second-order valence-corrected chi connectivity index (χ2v) is 11.7. The molecule has 7 nitrogen and oxygen atoms in total. The molecule has 4 N–H and O–H groups in total. The fraction of sp³-hybridized carbons (Fsp3) is 0.536. The van der Waals surface area contributed by atoms with E-state index in [1.807, 2.05) is 25.1 Å². The molecule has 1 saturated heterocycles. The predicted octanol–water partition coefficient (Wildman–Crippen LogP) is 3.43. The third-order valence-corrected chi connectivity index (χ3v) is 9.81. The van der Waals surface area contributed by atoms with Gasteiger partial charge in [0.05, 0.1) is 17.3 Å². The molecular formula is C28H33N3O4. The summed E-state index contributed by atoms with van der Waals surface area (Å²) >= 11 is 0. The Morgan fingerprint density at radius 2 is 2.00 bits per heavy atom. The Labute approximate surface area is 204 Å². The average Bonchev–Trinajstić information content (AvgIpc) is 3.47. The lowest BCUT2D eigenvalue weighted by Crippen LogP contribution is -2.61. The van der Waals surface area contributed by atoms with Gasteiger partial charge in [-0.05, 0) is 80.6 Å². The molecule has 1 aromatic carbocycles. The Balaban J connectivity index is 1.30. The SMILES string of the molecule is CN(C)[C@H]1C[C@@]23CC[C@@]4(O2)C(=CC[C@]2(C)C(c5ccc6oc(N)nc6c5)=CCC24)C=C3[C@@H](O)[C@@H]1O. The second kappa shape index (κ2) is 6.85. The van der Waals surface area contributed by atoms with E-state index in [9.17, 15) is 10.2 Å². The Bertz CT molecular complexity index is 1340. The van der Waals surface area contributed by atoms with Crippen LogP contribution in [0.15, 0.2) is 52.0 Å². The molecule has 3 aliphatic carbocycles. The maximum absolute atomic E-state index is 11.1. The molecular weight excluding hydrogens is 442 g/mol. The van der Waals surface area contributed by atoms with Crippen LogP contribution < -0.4 is 5.73 Å². The van der Waals surface area contributed by atoms with E-state index >= 15 is 0 Å². The van der Waals surface area contributed by atoms with Crippen LogP contribution in [-0.2, 0) is 4.74 Å². The zero-order valence-corrected chi connectivity index (χ0v) is 20.5. The van der Waals surface area contributed by atoms with E-state index in [0.29, 0.717) is 17.9 Å². The number of hydrogen-bond donors (Lipinski definition) is 3. The molecule has 5 aliphatic rings. The smallest absolute Gasteiger partial charge is 0.292 e. The number of anilines is 1. The van der Waals surface area contributed by atoms with Crippen LogP contribution in [0, 0.1) is 11.3 Å². The number of likely N-dealkylation sites (N-methyl/N-ethyl adjacent to an activating group) is 1. The number of aromatic nitrogens is 1. The van der Waals surface area contributed by atoms with Crippen molar-refractivity contribution in [1.82, 2.24) is 9.88 Å². The van der Waals surface area contributed by atoms with Crippen molar-refractivity contribution in [3.63, 3.8) is 0 Å². The lowest BCUT2D eigenvalue weighted by Gasteiger charge is -2.55. The lowest BCUT2D eigenvalue weighted by atomic mass is 9.58. The first-order valence-electron chi connectivity index (χ1n) is 12.7. The van der Waals surface area contributed by atoms with E-state index in [1.165, 1.54) is 11.1 Å². The van der Waals surface area contributed by atoms with Gasteiger partial charge in [0.2, 0.25) is 0 Å². The van der Waals surface area contributed by atoms with Crippen LogP contribution in [0.4, 0.5) is 6.01 Å². The first-order chi connectivity index (χ1) is 16.7. The third-order valence-electron chi connectivity index (χ3n) is 9.81. The van der Waals surface area contributed by atoms with Crippen LogP contribution in [-0.4, -0.2) is 63.6 Å². The third kappa shape index (κ3) is 2.67. The summed E-state index contributed by atoms with van der Waals surface area (Å²) in [4.78, 5) is 6.36. The maximum Gasteiger partial charge on any atom is 0.292 e. The minimum absolute atomic E-state index is 0.0723. The van der Waals surface area contributed by atoms with Gasteiger partial charge < -0.3 is 30.0 Å². The van der Waals surface area contributed by atoms with Crippen molar-refractivity contribution in [2.24, 2.45) is 11.3 Å². The van der Waals surface area contributed by atoms with Gasteiger partial charge in [0.1, 0.15) is 11.6 Å². The van der Waals surface area contributed by atoms with Crippen molar-refractivity contribution in [3.8, 4) is 0 Å². The van der Waals surface area contributed by atoms with Crippen LogP contribution in [0.1, 0.15) is 44.6 Å². The Morgan fingerprint density at radius 3 is 2.80 bits per heavy atom. The lowest BCUT2D eigenvalue weighted by molar-refractivity contribution is -0.161. The number of aliphatic hydroxyl groups excluding tert-OH is 2. The topological polar surface area (TPSA) is 105 Å². The number of benzene rings is 1. The summed E-state index contributed by atoms with van der Waals surface area (Å²) in [6.45, 7) is 2.37. The number of rotatable bonds is 2. The molecule has 1 saturated carbocycles. The quantitative estimate of drug-likeness (QED) is 0.611. The van der Waals surface area contributed by atoms with E-state index in [4.69, 9.17) is 14.9 Å². The van der Waals surface area contributed by atoms with Crippen LogP contribution >= 0.6 is 0 Å². The van der Waals surface area contributed by atoms with Gasteiger partial charge in [0, 0.05) is 17.4 Å². The molecule has 2 aromatic rings. The number of nitrogens with two attached hydrogens (primary N) is 1. The first-order valence-corrected chi connectivity index (χ1v) is 12.7. The molecule has 2 fully saturated rings. The van der Waals surface area contributed by atoms with E-state index in [2.05, 4.69) is 42.3 Å². The molecule has 35 heavy (non-hydrogen) atoms. The van der Waals surface area contributed by atoms with Crippen molar-refractivity contribution >= 4 is 22.7 Å². The average molecular weight is 476 g/mol. The zero-order valence-electron chi connectivity index (χ0n) is 20.5. The van der Waals surface area contributed by atoms with Crippen LogP contribution in [0.25, 0.3) is 16.7 Å². The molecule has 7 atom stereocenters. The monoisotopic (exact) mass is 475 g/mol. The van der Waals surface area contributed by atoms with Gasteiger partial charge in [-0.15, -0.1) is 0 Å².